The monoisotopic (exact) mass is 256 g/mol. The van der Waals surface area contributed by atoms with Gasteiger partial charge in [-0.15, -0.1) is 0 Å². The van der Waals surface area contributed by atoms with Crippen LogP contribution in [0.5, 0.6) is 0 Å². The average Bonchev–Trinajstić information content (AvgIpc) is 2.35. The number of ketones is 4. The van der Waals surface area contributed by atoms with E-state index in [0.717, 1.165) is 0 Å². The molecule has 0 heterocycles. The Labute approximate surface area is 110 Å². The molecule has 96 valence electrons. The van der Waals surface area contributed by atoms with Gasteiger partial charge in [-0.05, 0) is 35.5 Å². The standard InChI is InChI=1S/C15H12O4/c1-15(2,9-3-5-11(16)13(18)7-9)10-4-6-12(17)14(19)8-10/h3-8H,1-2H3. The van der Waals surface area contributed by atoms with Gasteiger partial charge in [-0.1, -0.05) is 26.0 Å². The zero-order chi connectivity index (χ0) is 14.2. The molecule has 0 radical (unpaired) electrons. The van der Waals surface area contributed by atoms with Crippen molar-refractivity contribution in [3.8, 4) is 0 Å². The zero-order valence-electron chi connectivity index (χ0n) is 10.6. The minimum absolute atomic E-state index is 0.557. The van der Waals surface area contributed by atoms with E-state index in [1.807, 2.05) is 13.8 Å². The molecule has 0 fully saturated rings. The van der Waals surface area contributed by atoms with Gasteiger partial charge in [0, 0.05) is 5.41 Å². The van der Waals surface area contributed by atoms with Crippen LogP contribution in [0.25, 0.3) is 0 Å². The van der Waals surface area contributed by atoms with Crippen molar-refractivity contribution in [1.82, 2.24) is 0 Å². The molecule has 2 rings (SSSR count). The Hall–Kier alpha value is -2.36. The van der Waals surface area contributed by atoms with Gasteiger partial charge in [0.05, 0.1) is 0 Å². The molecule has 0 aliphatic heterocycles. The Morgan fingerprint density at radius 3 is 1.32 bits per heavy atom. The highest BCUT2D eigenvalue weighted by Crippen LogP contribution is 2.38. The SMILES string of the molecule is CC(C)(C1=CC(=O)C(=O)C=C1)C1=CC(=O)C(=O)C=C1. The maximum atomic E-state index is 11.4. The molecule has 0 atom stereocenters. The van der Waals surface area contributed by atoms with Crippen LogP contribution in [-0.4, -0.2) is 23.1 Å². The Kier molecular flexibility index (Phi) is 3.02. The molecule has 0 N–H and O–H groups in total. The van der Waals surface area contributed by atoms with E-state index in [4.69, 9.17) is 0 Å². The summed E-state index contributed by atoms with van der Waals surface area (Å²) < 4.78 is 0. The minimum Gasteiger partial charge on any atom is -0.286 e. The number of rotatable bonds is 2. The Morgan fingerprint density at radius 1 is 0.632 bits per heavy atom. The maximum absolute atomic E-state index is 11.4. The van der Waals surface area contributed by atoms with Gasteiger partial charge in [-0.3, -0.25) is 19.2 Å². The Morgan fingerprint density at radius 2 is 1.00 bits per heavy atom. The first-order valence-corrected chi connectivity index (χ1v) is 5.79. The van der Waals surface area contributed by atoms with Gasteiger partial charge in [-0.2, -0.15) is 0 Å². The Balaban J connectivity index is 2.40. The van der Waals surface area contributed by atoms with Crippen LogP contribution in [0.4, 0.5) is 0 Å². The summed E-state index contributed by atoms with van der Waals surface area (Å²) in [4.78, 5) is 45.1. The topological polar surface area (TPSA) is 68.3 Å². The Bertz CT molecular complexity index is 571. The zero-order valence-corrected chi connectivity index (χ0v) is 10.6. The third kappa shape index (κ3) is 2.29. The molecule has 0 spiro atoms. The molecule has 0 amide bonds. The molecule has 2 aliphatic carbocycles. The molecular weight excluding hydrogens is 244 g/mol. The summed E-state index contributed by atoms with van der Waals surface area (Å²) in [5.74, 6) is -2.26. The molecule has 0 aromatic carbocycles. The molecule has 2 aliphatic rings. The highest BCUT2D eigenvalue weighted by Gasteiger charge is 2.31. The van der Waals surface area contributed by atoms with Gasteiger partial charge < -0.3 is 0 Å². The van der Waals surface area contributed by atoms with Crippen molar-refractivity contribution in [1.29, 1.82) is 0 Å². The van der Waals surface area contributed by atoms with Crippen molar-refractivity contribution >= 4 is 23.1 Å². The van der Waals surface area contributed by atoms with Crippen LogP contribution < -0.4 is 0 Å². The number of hydrogen-bond donors (Lipinski definition) is 0. The molecule has 0 bridgehead atoms. The lowest BCUT2D eigenvalue weighted by Gasteiger charge is -2.29. The van der Waals surface area contributed by atoms with Crippen LogP contribution in [-0.2, 0) is 19.2 Å². The third-order valence-corrected chi connectivity index (χ3v) is 3.33. The number of carbonyl (C=O) groups is 4. The largest absolute Gasteiger partial charge is 0.286 e. The van der Waals surface area contributed by atoms with Crippen LogP contribution in [0.15, 0.2) is 47.6 Å². The quantitative estimate of drug-likeness (QED) is 0.551. The van der Waals surface area contributed by atoms with E-state index in [1.54, 1.807) is 12.2 Å². The molecule has 4 nitrogen and oxygen atoms in total. The fourth-order valence-corrected chi connectivity index (χ4v) is 1.96. The summed E-state index contributed by atoms with van der Waals surface area (Å²) in [6.07, 6.45) is 8.13. The van der Waals surface area contributed by atoms with Gasteiger partial charge in [-0.25, -0.2) is 0 Å². The lowest BCUT2D eigenvalue weighted by atomic mass is 9.73. The number of allylic oxidation sites excluding steroid dienone is 8. The van der Waals surface area contributed by atoms with E-state index in [9.17, 15) is 19.2 Å². The summed E-state index contributed by atoms with van der Waals surface area (Å²) in [7, 11) is 0. The summed E-state index contributed by atoms with van der Waals surface area (Å²) in [6.45, 7) is 3.65. The smallest absolute Gasteiger partial charge is 0.226 e. The van der Waals surface area contributed by atoms with Crippen molar-refractivity contribution in [3.63, 3.8) is 0 Å². The van der Waals surface area contributed by atoms with E-state index >= 15 is 0 Å². The van der Waals surface area contributed by atoms with Crippen LogP contribution in [0.2, 0.25) is 0 Å². The van der Waals surface area contributed by atoms with Crippen molar-refractivity contribution in [3.05, 3.63) is 47.6 Å². The highest BCUT2D eigenvalue weighted by molar-refractivity contribution is 6.47. The molecule has 0 aromatic heterocycles. The van der Waals surface area contributed by atoms with Crippen LogP contribution >= 0.6 is 0 Å². The van der Waals surface area contributed by atoms with Crippen LogP contribution in [0.1, 0.15) is 13.8 Å². The summed E-state index contributed by atoms with van der Waals surface area (Å²) in [5, 5.41) is 0. The van der Waals surface area contributed by atoms with Crippen molar-refractivity contribution < 1.29 is 19.2 Å². The van der Waals surface area contributed by atoms with Crippen LogP contribution in [0.3, 0.4) is 0 Å². The molecule has 0 saturated heterocycles. The first-order valence-electron chi connectivity index (χ1n) is 5.79. The van der Waals surface area contributed by atoms with Gasteiger partial charge in [0.1, 0.15) is 0 Å². The predicted octanol–water partition coefficient (Wildman–Crippen LogP) is 1.28. The van der Waals surface area contributed by atoms with Crippen molar-refractivity contribution in [2.75, 3.05) is 0 Å². The second kappa shape index (κ2) is 4.39. The first kappa shape index (κ1) is 13.1. The number of hydrogen-bond acceptors (Lipinski definition) is 4. The molecule has 0 aromatic rings. The average molecular weight is 256 g/mol. The molecular formula is C15H12O4. The summed E-state index contributed by atoms with van der Waals surface area (Å²) in [6, 6.07) is 0. The normalized spacial score (nSPS) is 19.7. The van der Waals surface area contributed by atoms with Gasteiger partial charge in [0.25, 0.3) is 0 Å². The van der Waals surface area contributed by atoms with Crippen molar-refractivity contribution in [2.45, 2.75) is 13.8 Å². The molecule has 0 saturated carbocycles. The van der Waals surface area contributed by atoms with E-state index < -0.39 is 28.5 Å². The van der Waals surface area contributed by atoms with Crippen molar-refractivity contribution in [2.24, 2.45) is 5.41 Å². The van der Waals surface area contributed by atoms with E-state index in [1.165, 1.54) is 24.3 Å². The van der Waals surface area contributed by atoms with E-state index in [-0.39, 0.29) is 0 Å². The van der Waals surface area contributed by atoms with Crippen LogP contribution in [0, 0.1) is 5.41 Å². The number of carbonyl (C=O) groups excluding carboxylic acids is 4. The second-order valence-electron chi connectivity index (χ2n) is 4.95. The third-order valence-electron chi connectivity index (χ3n) is 3.33. The van der Waals surface area contributed by atoms with Gasteiger partial charge in [0.2, 0.25) is 23.1 Å². The lowest BCUT2D eigenvalue weighted by molar-refractivity contribution is -0.131. The van der Waals surface area contributed by atoms with Gasteiger partial charge >= 0.3 is 0 Å². The van der Waals surface area contributed by atoms with Gasteiger partial charge in [0.15, 0.2) is 0 Å². The molecule has 19 heavy (non-hydrogen) atoms. The summed E-state index contributed by atoms with van der Waals surface area (Å²) >= 11 is 0. The predicted molar refractivity (Wildman–Crippen MR) is 68.3 cm³/mol. The molecule has 0 unspecified atom stereocenters. The first-order chi connectivity index (χ1) is 8.82. The fourth-order valence-electron chi connectivity index (χ4n) is 1.96. The molecule has 4 heteroatoms. The summed E-state index contributed by atoms with van der Waals surface area (Å²) in [5.41, 5.74) is 0.644. The second-order valence-corrected chi connectivity index (χ2v) is 4.95. The lowest BCUT2D eigenvalue weighted by Crippen LogP contribution is -2.24. The fraction of sp³-hybridized carbons (Fsp3) is 0.200. The highest BCUT2D eigenvalue weighted by atomic mass is 16.2. The van der Waals surface area contributed by atoms with E-state index in [0.29, 0.717) is 11.1 Å². The minimum atomic E-state index is -0.625. The van der Waals surface area contributed by atoms with E-state index in [2.05, 4.69) is 0 Å². The maximum Gasteiger partial charge on any atom is 0.226 e.